The van der Waals surface area contributed by atoms with Crippen LogP contribution in [0.15, 0.2) is 35.3 Å². The molecular formula is C22H21F2N3O5. The molecule has 3 atom stereocenters. The zero-order chi connectivity index (χ0) is 22.6. The number of hydrogen-bond donors (Lipinski definition) is 2. The van der Waals surface area contributed by atoms with Gasteiger partial charge < -0.3 is 19.7 Å². The van der Waals surface area contributed by atoms with Gasteiger partial charge in [0.05, 0.1) is 13.2 Å². The summed E-state index contributed by atoms with van der Waals surface area (Å²) in [6, 6.07) is 4.28. The Kier molecular flexibility index (Phi) is 4.77. The van der Waals surface area contributed by atoms with Crippen LogP contribution in [0.1, 0.15) is 35.3 Å². The van der Waals surface area contributed by atoms with Crippen LogP contribution in [0.5, 0.6) is 5.75 Å². The number of benzene rings is 1. The number of carbonyl (C=O) groups is 2. The first-order valence-corrected chi connectivity index (χ1v) is 10.4. The van der Waals surface area contributed by atoms with Crippen LogP contribution in [0.2, 0.25) is 0 Å². The van der Waals surface area contributed by atoms with Crippen molar-refractivity contribution in [1.29, 1.82) is 0 Å². The number of nitrogens with zero attached hydrogens (tertiary/aromatic N) is 2. The zero-order valence-corrected chi connectivity index (χ0v) is 17.0. The van der Waals surface area contributed by atoms with Crippen molar-refractivity contribution in [3.63, 3.8) is 0 Å². The Labute approximate surface area is 181 Å². The lowest BCUT2D eigenvalue weighted by atomic mass is 9.81. The Morgan fingerprint density at radius 2 is 2.09 bits per heavy atom. The summed E-state index contributed by atoms with van der Waals surface area (Å²) < 4.78 is 34.6. The van der Waals surface area contributed by atoms with E-state index in [4.69, 9.17) is 4.74 Å². The highest BCUT2D eigenvalue weighted by molar-refractivity contribution is 6.01. The van der Waals surface area contributed by atoms with Gasteiger partial charge in [-0.25, -0.2) is 8.78 Å². The highest BCUT2D eigenvalue weighted by Crippen LogP contribution is 2.47. The summed E-state index contributed by atoms with van der Waals surface area (Å²) >= 11 is 0. The van der Waals surface area contributed by atoms with E-state index < -0.39 is 46.4 Å². The monoisotopic (exact) mass is 445 g/mol. The highest BCUT2D eigenvalue weighted by atomic mass is 19.1. The molecule has 1 saturated carbocycles. The average molecular weight is 445 g/mol. The molecule has 10 heteroatoms. The van der Waals surface area contributed by atoms with Gasteiger partial charge in [0.2, 0.25) is 11.3 Å². The van der Waals surface area contributed by atoms with Crippen LogP contribution in [0.4, 0.5) is 8.78 Å². The number of amides is 2. The van der Waals surface area contributed by atoms with Crippen molar-refractivity contribution < 1.29 is 28.2 Å². The van der Waals surface area contributed by atoms with E-state index in [1.165, 1.54) is 27.8 Å². The number of fused-ring (bicyclic) bond motifs is 4. The number of aromatic nitrogens is 1. The molecule has 1 aliphatic carbocycles. The van der Waals surface area contributed by atoms with Crippen LogP contribution in [-0.4, -0.2) is 44.8 Å². The maximum absolute atomic E-state index is 14.1. The van der Waals surface area contributed by atoms with Crippen molar-refractivity contribution in [3.05, 3.63) is 63.6 Å². The van der Waals surface area contributed by atoms with Crippen molar-refractivity contribution in [3.8, 4) is 5.75 Å². The number of aromatic hydroxyl groups is 1. The largest absolute Gasteiger partial charge is 0.503 e. The predicted octanol–water partition coefficient (Wildman–Crippen LogP) is 1.50. The summed E-state index contributed by atoms with van der Waals surface area (Å²) in [6.45, 7) is 0.256. The van der Waals surface area contributed by atoms with Gasteiger partial charge in [-0.3, -0.25) is 19.3 Å². The smallest absolute Gasteiger partial charge is 0.277 e. The molecule has 2 amide bonds. The molecule has 1 aromatic heterocycles. The molecule has 0 spiro atoms. The number of nitrogens with one attached hydrogen (secondary N) is 1. The number of rotatable bonds is 3. The molecule has 2 fully saturated rings. The van der Waals surface area contributed by atoms with Crippen molar-refractivity contribution in [2.24, 2.45) is 5.92 Å². The van der Waals surface area contributed by atoms with Gasteiger partial charge in [0, 0.05) is 36.4 Å². The van der Waals surface area contributed by atoms with Gasteiger partial charge in [-0.05, 0) is 18.9 Å². The van der Waals surface area contributed by atoms with Gasteiger partial charge in [-0.2, -0.15) is 0 Å². The average Bonchev–Trinajstić information content (AvgIpc) is 3.20. The summed E-state index contributed by atoms with van der Waals surface area (Å²) in [5.41, 5.74) is -2.00. The number of carbonyl (C=O) groups excluding carboxylic acids is 2. The second-order valence-electron chi connectivity index (χ2n) is 8.42. The van der Waals surface area contributed by atoms with Crippen LogP contribution >= 0.6 is 0 Å². The van der Waals surface area contributed by atoms with E-state index in [9.17, 15) is 28.3 Å². The molecule has 0 bridgehead atoms. The zero-order valence-electron chi connectivity index (χ0n) is 17.0. The Bertz CT molecular complexity index is 1180. The molecule has 3 aliphatic rings. The van der Waals surface area contributed by atoms with E-state index >= 15 is 0 Å². The van der Waals surface area contributed by atoms with Crippen molar-refractivity contribution >= 4 is 11.8 Å². The second-order valence-corrected chi connectivity index (χ2v) is 8.42. The van der Waals surface area contributed by atoms with Gasteiger partial charge in [0.1, 0.15) is 17.2 Å². The standard InChI is InChI=1S/C22H21F2N3O5/c23-14-4-3-12(15(24)8-14)9-25-21(31)22-6-1-2-13(22)11-32-17-10-26-7-5-16(28)19(29)18(26)20(30)27(17)22/h3-5,7-8,13,17,29H,1-2,6,9-11H2,(H,25,31)/t13-,17?,22-/m0/s1. The van der Waals surface area contributed by atoms with E-state index in [0.29, 0.717) is 19.3 Å². The maximum atomic E-state index is 14.1. The second kappa shape index (κ2) is 7.40. The molecule has 1 aromatic carbocycles. The molecule has 0 radical (unpaired) electrons. The van der Waals surface area contributed by atoms with Crippen molar-refractivity contribution in [2.45, 2.75) is 44.1 Å². The summed E-state index contributed by atoms with van der Waals surface area (Å²) in [4.78, 5) is 40.3. The van der Waals surface area contributed by atoms with Gasteiger partial charge in [-0.1, -0.05) is 12.5 Å². The number of halogens is 2. The fourth-order valence-electron chi connectivity index (χ4n) is 5.23. The third-order valence-corrected chi connectivity index (χ3v) is 6.77. The summed E-state index contributed by atoms with van der Waals surface area (Å²) in [5.74, 6) is -3.57. The minimum atomic E-state index is -1.25. The van der Waals surface area contributed by atoms with Gasteiger partial charge in [0.25, 0.3) is 5.91 Å². The van der Waals surface area contributed by atoms with Crippen LogP contribution in [0.3, 0.4) is 0 Å². The van der Waals surface area contributed by atoms with Crippen molar-refractivity contribution in [2.75, 3.05) is 6.61 Å². The van der Waals surface area contributed by atoms with Gasteiger partial charge >= 0.3 is 0 Å². The quantitative estimate of drug-likeness (QED) is 0.746. The van der Waals surface area contributed by atoms with E-state index in [1.807, 2.05) is 0 Å². The van der Waals surface area contributed by atoms with E-state index in [-0.39, 0.29) is 36.9 Å². The Morgan fingerprint density at radius 1 is 1.28 bits per heavy atom. The molecule has 8 nitrogen and oxygen atoms in total. The minimum absolute atomic E-state index is 0.119. The van der Waals surface area contributed by atoms with Crippen LogP contribution in [0, 0.1) is 17.6 Å². The molecule has 3 heterocycles. The highest BCUT2D eigenvalue weighted by Gasteiger charge is 2.61. The van der Waals surface area contributed by atoms with E-state index in [2.05, 4.69) is 5.32 Å². The number of ether oxygens (including phenoxy) is 1. The topological polar surface area (TPSA) is 101 Å². The first kappa shape index (κ1) is 20.6. The molecule has 32 heavy (non-hydrogen) atoms. The molecule has 168 valence electrons. The molecule has 2 aromatic rings. The Hall–Kier alpha value is -3.27. The van der Waals surface area contributed by atoms with Crippen LogP contribution in [0.25, 0.3) is 0 Å². The minimum Gasteiger partial charge on any atom is -0.503 e. The Balaban J connectivity index is 1.50. The van der Waals surface area contributed by atoms with Crippen LogP contribution in [-0.2, 0) is 22.6 Å². The molecular weight excluding hydrogens is 424 g/mol. The molecule has 1 unspecified atom stereocenters. The van der Waals surface area contributed by atoms with Gasteiger partial charge in [0.15, 0.2) is 17.7 Å². The van der Waals surface area contributed by atoms with E-state index in [0.717, 1.165) is 12.1 Å². The predicted molar refractivity (Wildman–Crippen MR) is 107 cm³/mol. The molecule has 2 N–H and O–H groups in total. The fraction of sp³-hybridized carbons (Fsp3) is 0.409. The third-order valence-electron chi connectivity index (χ3n) is 6.77. The first-order valence-electron chi connectivity index (χ1n) is 10.4. The molecule has 1 saturated heterocycles. The van der Waals surface area contributed by atoms with Crippen LogP contribution < -0.4 is 10.7 Å². The van der Waals surface area contributed by atoms with Gasteiger partial charge in [-0.15, -0.1) is 0 Å². The lowest BCUT2D eigenvalue weighted by Gasteiger charge is -2.53. The first-order chi connectivity index (χ1) is 15.3. The molecule has 5 rings (SSSR count). The third kappa shape index (κ3) is 2.93. The Morgan fingerprint density at radius 3 is 2.88 bits per heavy atom. The fourth-order valence-corrected chi connectivity index (χ4v) is 5.23. The normalized spacial score (nSPS) is 26.3. The number of pyridine rings is 1. The summed E-state index contributed by atoms with van der Waals surface area (Å²) in [5, 5.41) is 13.0. The lowest BCUT2D eigenvalue weighted by Crippen LogP contribution is -2.71. The SMILES string of the molecule is O=C1c2c(O)c(=O)ccn2CC2OC[C@@H]3CCC[C@]3(C(=O)NCc3ccc(F)cc3F)N12. The summed E-state index contributed by atoms with van der Waals surface area (Å²) in [6.07, 6.45) is 2.37. The number of hydrogen-bond acceptors (Lipinski definition) is 5. The summed E-state index contributed by atoms with van der Waals surface area (Å²) in [7, 11) is 0. The lowest BCUT2D eigenvalue weighted by molar-refractivity contribution is -0.181. The van der Waals surface area contributed by atoms with Crippen molar-refractivity contribution in [1.82, 2.24) is 14.8 Å². The maximum Gasteiger partial charge on any atom is 0.277 e. The molecule has 2 aliphatic heterocycles. The van der Waals surface area contributed by atoms with E-state index in [1.54, 1.807) is 0 Å².